The number of amidine groups is 2. The van der Waals surface area contributed by atoms with Gasteiger partial charge in [-0.3, -0.25) is 10.4 Å². The number of benzene rings is 1. The highest BCUT2D eigenvalue weighted by molar-refractivity contribution is 6.08. The quantitative estimate of drug-likeness (QED) is 0.447. The Kier molecular flexibility index (Phi) is 4.83. The number of anilines is 2. The van der Waals surface area contributed by atoms with E-state index in [0.717, 1.165) is 25.1 Å². The Bertz CT molecular complexity index is 817. The lowest BCUT2D eigenvalue weighted by Crippen LogP contribution is -2.37. The molecule has 1 aromatic heterocycles. The second kappa shape index (κ2) is 7.21. The normalized spacial score (nSPS) is 14.1. The first-order valence-corrected chi connectivity index (χ1v) is 8.12. The molecule has 0 saturated heterocycles. The summed E-state index contributed by atoms with van der Waals surface area (Å²) >= 11 is 0. The van der Waals surface area contributed by atoms with E-state index in [1.165, 1.54) is 5.56 Å². The van der Waals surface area contributed by atoms with Crippen LogP contribution in [0.4, 0.5) is 11.4 Å². The van der Waals surface area contributed by atoms with Gasteiger partial charge in [0.05, 0.1) is 19.3 Å². The Morgan fingerprint density at radius 1 is 1.40 bits per heavy atom. The topological polar surface area (TPSA) is 114 Å². The van der Waals surface area contributed by atoms with E-state index in [2.05, 4.69) is 14.9 Å². The highest BCUT2D eigenvalue weighted by Gasteiger charge is 2.18. The average molecular weight is 338 g/mol. The fourth-order valence-electron chi connectivity index (χ4n) is 3.03. The van der Waals surface area contributed by atoms with Crippen molar-refractivity contribution < 1.29 is 4.74 Å². The maximum Gasteiger partial charge on any atom is 0.156 e. The SMILES string of the molecule is COc1cccc(C(=N)N=C(N)CN2CCCc3cnccc32)c1N. The van der Waals surface area contributed by atoms with Crippen molar-refractivity contribution in [3.63, 3.8) is 0 Å². The Labute approximate surface area is 146 Å². The molecule has 1 aliphatic rings. The van der Waals surface area contributed by atoms with Crippen molar-refractivity contribution in [2.75, 3.05) is 30.8 Å². The molecule has 0 fully saturated rings. The van der Waals surface area contributed by atoms with Crippen molar-refractivity contribution in [3.8, 4) is 5.75 Å². The van der Waals surface area contributed by atoms with Gasteiger partial charge < -0.3 is 21.1 Å². The summed E-state index contributed by atoms with van der Waals surface area (Å²) in [5, 5.41) is 8.20. The summed E-state index contributed by atoms with van der Waals surface area (Å²) in [6.45, 7) is 1.37. The smallest absolute Gasteiger partial charge is 0.156 e. The van der Waals surface area contributed by atoms with E-state index in [9.17, 15) is 0 Å². The van der Waals surface area contributed by atoms with E-state index in [4.69, 9.17) is 21.6 Å². The number of hydrogen-bond acceptors (Lipinski definition) is 5. The van der Waals surface area contributed by atoms with Gasteiger partial charge in [-0.1, -0.05) is 6.07 Å². The van der Waals surface area contributed by atoms with E-state index in [1.54, 1.807) is 31.5 Å². The third-order valence-electron chi connectivity index (χ3n) is 4.24. The van der Waals surface area contributed by atoms with Crippen molar-refractivity contribution in [2.45, 2.75) is 12.8 Å². The summed E-state index contributed by atoms with van der Waals surface area (Å²) in [6.07, 6.45) is 5.75. The number of aliphatic imine (C=N–C) groups is 1. The number of methoxy groups -OCH3 is 1. The van der Waals surface area contributed by atoms with Crippen molar-refractivity contribution in [2.24, 2.45) is 10.7 Å². The second-order valence-electron chi connectivity index (χ2n) is 5.90. The largest absolute Gasteiger partial charge is 0.495 e. The standard InChI is InChI=1S/C18H22N6O/c1-25-15-6-2-5-13(17(15)20)18(21)23-16(19)11-24-9-3-4-12-10-22-8-7-14(12)24/h2,5-8,10H,3-4,9,11,20H2,1H3,(H3,19,21,23). The maximum absolute atomic E-state index is 8.20. The number of para-hydroxylation sites is 1. The molecule has 0 saturated carbocycles. The molecule has 130 valence electrons. The van der Waals surface area contributed by atoms with Crippen molar-refractivity contribution in [1.29, 1.82) is 5.41 Å². The summed E-state index contributed by atoms with van der Waals surface area (Å²) in [7, 11) is 1.54. The molecule has 2 aromatic rings. The molecule has 0 unspecified atom stereocenters. The lowest BCUT2D eigenvalue weighted by Gasteiger charge is -2.30. The van der Waals surface area contributed by atoms with Crippen LogP contribution in [-0.2, 0) is 6.42 Å². The van der Waals surface area contributed by atoms with Gasteiger partial charge in [-0.15, -0.1) is 0 Å². The monoisotopic (exact) mass is 338 g/mol. The molecule has 1 aromatic carbocycles. The molecule has 5 N–H and O–H groups in total. The first-order chi connectivity index (χ1) is 12.1. The zero-order valence-electron chi connectivity index (χ0n) is 14.2. The molecule has 7 heteroatoms. The number of nitrogens with one attached hydrogen (secondary N) is 1. The van der Waals surface area contributed by atoms with Crippen molar-refractivity contribution in [3.05, 3.63) is 47.8 Å². The van der Waals surface area contributed by atoms with E-state index in [0.29, 0.717) is 29.4 Å². The number of fused-ring (bicyclic) bond motifs is 1. The first kappa shape index (κ1) is 16.8. The third-order valence-corrected chi connectivity index (χ3v) is 4.24. The minimum Gasteiger partial charge on any atom is -0.495 e. The fourth-order valence-corrected chi connectivity index (χ4v) is 3.03. The number of aryl methyl sites for hydroxylation is 1. The van der Waals surface area contributed by atoms with Crippen LogP contribution in [0, 0.1) is 5.41 Å². The number of nitrogen functional groups attached to an aromatic ring is 1. The van der Waals surface area contributed by atoms with E-state index >= 15 is 0 Å². The lowest BCUT2D eigenvalue weighted by atomic mass is 10.0. The van der Waals surface area contributed by atoms with Crippen LogP contribution in [0.1, 0.15) is 17.5 Å². The zero-order chi connectivity index (χ0) is 17.8. The molecule has 0 amide bonds. The van der Waals surface area contributed by atoms with Gasteiger partial charge in [0.2, 0.25) is 0 Å². The lowest BCUT2D eigenvalue weighted by molar-refractivity contribution is 0.417. The highest BCUT2D eigenvalue weighted by Crippen LogP contribution is 2.26. The summed E-state index contributed by atoms with van der Waals surface area (Å²) in [6, 6.07) is 7.25. The molecular weight excluding hydrogens is 316 g/mol. The van der Waals surface area contributed by atoms with Gasteiger partial charge in [0.15, 0.2) is 5.84 Å². The minimum absolute atomic E-state index is 0.0286. The zero-order valence-corrected chi connectivity index (χ0v) is 14.2. The maximum atomic E-state index is 8.20. The Hall–Kier alpha value is -3.09. The molecule has 0 aliphatic carbocycles. The molecule has 1 aliphatic heterocycles. The number of nitrogens with zero attached hydrogens (tertiary/aromatic N) is 3. The van der Waals surface area contributed by atoms with Gasteiger partial charge in [-0.25, -0.2) is 4.99 Å². The number of hydrogen-bond donors (Lipinski definition) is 3. The van der Waals surface area contributed by atoms with Gasteiger partial charge in [0, 0.05) is 30.2 Å². The van der Waals surface area contributed by atoms with E-state index < -0.39 is 0 Å². The number of pyridine rings is 1. The summed E-state index contributed by atoms with van der Waals surface area (Å²) in [4.78, 5) is 10.6. The predicted molar refractivity (Wildman–Crippen MR) is 101 cm³/mol. The minimum atomic E-state index is 0.0286. The Morgan fingerprint density at radius 3 is 3.04 bits per heavy atom. The summed E-state index contributed by atoms with van der Waals surface area (Å²) in [5.74, 6) is 0.922. The van der Waals surface area contributed by atoms with Gasteiger partial charge in [0.25, 0.3) is 0 Å². The van der Waals surface area contributed by atoms with Gasteiger partial charge in [-0.05, 0) is 36.6 Å². The molecule has 0 radical (unpaired) electrons. The number of aromatic nitrogens is 1. The molecule has 7 nitrogen and oxygen atoms in total. The van der Waals surface area contributed by atoms with Crippen LogP contribution in [0.2, 0.25) is 0 Å². The van der Waals surface area contributed by atoms with Gasteiger partial charge in [0.1, 0.15) is 11.6 Å². The van der Waals surface area contributed by atoms with Crippen LogP contribution in [0.15, 0.2) is 41.7 Å². The Morgan fingerprint density at radius 2 is 2.24 bits per heavy atom. The number of rotatable bonds is 4. The van der Waals surface area contributed by atoms with Gasteiger partial charge >= 0.3 is 0 Å². The highest BCUT2D eigenvalue weighted by atomic mass is 16.5. The van der Waals surface area contributed by atoms with E-state index in [-0.39, 0.29) is 5.84 Å². The molecule has 2 heterocycles. The molecule has 0 spiro atoms. The third kappa shape index (κ3) is 3.55. The van der Waals surface area contributed by atoms with Crippen LogP contribution in [0.5, 0.6) is 5.75 Å². The van der Waals surface area contributed by atoms with Crippen LogP contribution in [0.25, 0.3) is 0 Å². The van der Waals surface area contributed by atoms with Crippen LogP contribution in [0.3, 0.4) is 0 Å². The summed E-state index contributed by atoms with van der Waals surface area (Å²) in [5.41, 5.74) is 15.4. The van der Waals surface area contributed by atoms with E-state index in [1.807, 2.05) is 12.3 Å². The molecule has 0 bridgehead atoms. The number of ether oxygens (including phenoxy) is 1. The summed E-state index contributed by atoms with van der Waals surface area (Å²) < 4.78 is 5.19. The fraction of sp³-hybridized carbons (Fsp3) is 0.278. The molecule has 3 rings (SSSR count). The molecular formula is C18H22N6O. The van der Waals surface area contributed by atoms with Crippen LogP contribution in [-0.4, -0.2) is 36.9 Å². The number of nitrogens with two attached hydrogens (primary N) is 2. The average Bonchev–Trinajstić information content (AvgIpc) is 2.62. The molecule has 25 heavy (non-hydrogen) atoms. The van der Waals surface area contributed by atoms with Crippen molar-refractivity contribution >= 4 is 23.0 Å². The Balaban J connectivity index is 1.78. The molecule has 0 atom stereocenters. The van der Waals surface area contributed by atoms with Gasteiger partial charge in [-0.2, -0.15) is 0 Å². The first-order valence-electron chi connectivity index (χ1n) is 8.12. The predicted octanol–water partition coefficient (Wildman–Crippen LogP) is 1.81. The van der Waals surface area contributed by atoms with Crippen molar-refractivity contribution in [1.82, 2.24) is 4.98 Å². The van der Waals surface area contributed by atoms with Crippen LogP contribution >= 0.6 is 0 Å². The van der Waals surface area contributed by atoms with Crippen LogP contribution < -0.4 is 21.1 Å². The second-order valence-corrected chi connectivity index (χ2v) is 5.90.